The molecule has 6 heteroatoms. The summed E-state index contributed by atoms with van der Waals surface area (Å²) in [5, 5.41) is 7.65. The summed E-state index contributed by atoms with van der Waals surface area (Å²) < 4.78 is 1.84. The van der Waals surface area contributed by atoms with Crippen molar-refractivity contribution in [3.8, 4) is 0 Å². The number of nitrogens with zero attached hydrogens (tertiary/aromatic N) is 5. The number of aryl methyl sites for hydroxylation is 1. The Labute approximate surface area is 150 Å². The fourth-order valence-corrected chi connectivity index (χ4v) is 3.13. The normalized spacial score (nSPS) is 15.5. The third kappa shape index (κ3) is 4.75. The summed E-state index contributed by atoms with van der Waals surface area (Å²) in [4.78, 5) is 9.62. The molecule has 1 aromatic heterocycles. The van der Waals surface area contributed by atoms with Crippen LogP contribution in [0.2, 0.25) is 0 Å². The maximum atomic E-state index is 4.82. The van der Waals surface area contributed by atoms with Gasteiger partial charge in [-0.3, -0.25) is 9.67 Å². The molecular formula is C19H28N6. The molecule has 0 saturated carbocycles. The second kappa shape index (κ2) is 8.55. The van der Waals surface area contributed by atoms with Gasteiger partial charge in [0.15, 0.2) is 5.96 Å². The number of hydrogen-bond acceptors (Lipinski definition) is 3. The monoisotopic (exact) mass is 340 g/mol. The van der Waals surface area contributed by atoms with Crippen LogP contribution in [-0.2, 0) is 13.5 Å². The molecule has 0 spiro atoms. The van der Waals surface area contributed by atoms with E-state index in [0.717, 1.165) is 51.6 Å². The Bertz CT molecular complexity index is 670. The van der Waals surface area contributed by atoms with Crippen LogP contribution in [0.15, 0.2) is 47.7 Å². The predicted molar refractivity (Wildman–Crippen MR) is 103 cm³/mol. The van der Waals surface area contributed by atoms with Crippen LogP contribution >= 0.6 is 0 Å². The van der Waals surface area contributed by atoms with Gasteiger partial charge in [0.2, 0.25) is 0 Å². The van der Waals surface area contributed by atoms with E-state index in [0.29, 0.717) is 0 Å². The minimum Gasteiger partial charge on any atom is -0.368 e. The highest BCUT2D eigenvalue weighted by Crippen LogP contribution is 2.15. The Balaban J connectivity index is 1.55. The number of benzene rings is 1. The minimum atomic E-state index is 0.785. The van der Waals surface area contributed by atoms with Gasteiger partial charge in [-0.05, 0) is 31.0 Å². The summed E-state index contributed by atoms with van der Waals surface area (Å²) in [5.74, 6) is 1.03. The van der Waals surface area contributed by atoms with Gasteiger partial charge in [-0.1, -0.05) is 18.2 Å². The lowest BCUT2D eigenvalue weighted by Crippen LogP contribution is -2.52. The number of guanidine groups is 1. The van der Waals surface area contributed by atoms with Crippen LogP contribution in [0.25, 0.3) is 0 Å². The molecule has 0 aliphatic carbocycles. The van der Waals surface area contributed by atoms with Crippen molar-refractivity contribution in [2.24, 2.45) is 12.0 Å². The molecule has 1 fully saturated rings. The molecule has 2 heterocycles. The summed E-state index contributed by atoms with van der Waals surface area (Å²) in [7, 11) is 1.95. The van der Waals surface area contributed by atoms with Gasteiger partial charge in [0.05, 0.1) is 6.20 Å². The standard InChI is InChI=1S/C19H28N6/c1-3-20-19(21-10-9-17-15-22-23(2)16-17)25-13-11-24(12-14-25)18-7-5-4-6-8-18/h4-8,15-16H,3,9-14H2,1-2H3,(H,20,21). The molecular weight excluding hydrogens is 312 g/mol. The highest BCUT2D eigenvalue weighted by Gasteiger charge is 2.19. The predicted octanol–water partition coefficient (Wildman–Crippen LogP) is 1.75. The molecule has 0 atom stereocenters. The fraction of sp³-hybridized carbons (Fsp3) is 0.474. The zero-order valence-corrected chi connectivity index (χ0v) is 15.2. The zero-order valence-electron chi connectivity index (χ0n) is 15.2. The molecule has 1 N–H and O–H groups in total. The lowest BCUT2D eigenvalue weighted by molar-refractivity contribution is 0.372. The number of piperazine rings is 1. The van der Waals surface area contributed by atoms with Crippen molar-refractivity contribution < 1.29 is 0 Å². The largest absolute Gasteiger partial charge is 0.368 e. The Morgan fingerprint density at radius 1 is 1.16 bits per heavy atom. The molecule has 2 aromatic rings. The fourth-order valence-electron chi connectivity index (χ4n) is 3.13. The highest BCUT2D eigenvalue weighted by atomic mass is 15.3. The number of anilines is 1. The van der Waals surface area contributed by atoms with Crippen molar-refractivity contribution in [2.45, 2.75) is 13.3 Å². The second-order valence-electron chi connectivity index (χ2n) is 6.32. The van der Waals surface area contributed by atoms with Crippen LogP contribution in [-0.4, -0.2) is 59.9 Å². The Kier molecular flexibility index (Phi) is 5.93. The second-order valence-corrected chi connectivity index (χ2v) is 6.32. The van der Waals surface area contributed by atoms with Crippen LogP contribution in [0.5, 0.6) is 0 Å². The number of aliphatic imine (C=N–C) groups is 1. The van der Waals surface area contributed by atoms with Crippen molar-refractivity contribution >= 4 is 11.6 Å². The van der Waals surface area contributed by atoms with Gasteiger partial charge in [-0.15, -0.1) is 0 Å². The summed E-state index contributed by atoms with van der Waals surface area (Å²) >= 11 is 0. The SMILES string of the molecule is CCNC(=NCCc1cnn(C)c1)N1CCN(c2ccccc2)CC1. The van der Waals surface area contributed by atoms with Crippen LogP contribution in [0.1, 0.15) is 12.5 Å². The molecule has 134 valence electrons. The quantitative estimate of drug-likeness (QED) is 0.665. The van der Waals surface area contributed by atoms with Gasteiger partial charge < -0.3 is 15.1 Å². The zero-order chi connectivity index (χ0) is 17.5. The van der Waals surface area contributed by atoms with Crippen LogP contribution < -0.4 is 10.2 Å². The molecule has 0 unspecified atom stereocenters. The van der Waals surface area contributed by atoms with E-state index in [1.165, 1.54) is 11.3 Å². The van der Waals surface area contributed by atoms with E-state index < -0.39 is 0 Å². The van der Waals surface area contributed by atoms with Crippen molar-refractivity contribution in [3.05, 3.63) is 48.3 Å². The van der Waals surface area contributed by atoms with Crippen LogP contribution in [0.3, 0.4) is 0 Å². The van der Waals surface area contributed by atoms with Gasteiger partial charge in [0, 0.05) is 58.2 Å². The number of hydrogen-bond donors (Lipinski definition) is 1. The lowest BCUT2D eigenvalue weighted by atomic mass is 10.2. The smallest absolute Gasteiger partial charge is 0.194 e. The average Bonchev–Trinajstić information content (AvgIpc) is 3.07. The first-order chi connectivity index (χ1) is 12.3. The first-order valence-corrected chi connectivity index (χ1v) is 9.07. The van der Waals surface area contributed by atoms with E-state index in [1.807, 2.05) is 17.9 Å². The van der Waals surface area contributed by atoms with Crippen molar-refractivity contribution in [1.82, 2.24) is 20.0 Å². The molecule has 6 nitrogen and oxygen atoms in total. The number of para-hydroxylation sites is 1. The maximum Gasteiger partial charge on any atom is 0.194 e. The molecule has 0 bridgehead atoms. The molecule has 0 radical (unpaired) electrons. The first-order valence-electron chi connectivity index (χ1n) is 9.07. The van der Waals surface area contributed by atoms with E-state index in [2.05, 4.69) is 63.7 Å². The van der Waals surface area contributed by atoms with E-state index in [-0.39, 0.29) is 0 Å². The van der Waals surface area contributed by atoms with E-state index in [9.17, 15) is 0 Å². The average molecular weight is 340 g/mol. The van der Waals surface area contributed by atoms with Crippen LogP contribution in [0, 0.1) is 0 Å². The molecule has 1 aliphatic rings. The van der Waals surface area contributed by atoms with Crippen molar-refractivity contribution in [2.75, 3.05) is 44.2 Å². The third-order valence-corrected chi connectivity index (χ3v) is 4.46. The van der Waals surface area contributed by atoms with Gasteiger partial charge in [0.25, 0.3) is 0 Å². The Hall–Kier alpha value is -2.50. The van der Waals surface area contributed by atoms with Gasteiger partial charge in [-0.25, -0.2) is 0 Å². The Morgan fingerprint density at radius 3 is 2.56 bits per heavy atom. The number of aromatic nitrogens is 2. The topological polar surface area (TPSA) is 48.7 Å². The number of nitrogens with one attached hydrogen (secondary N) is 1. The molecule has 1 aromatic carbocycles. The van der Waals surface area contributed by atoms with Crippen molar-refractivity contribution in [1.29, 1.82) is 0 Å². The first kappa shape index (κ1) is 17.3. The van der Waals surface area contributed by atoms with Crippen LogP contribution in [0.4, 0.5) is 5.69 Å². The minimum absolute atomic E-state index is 0.785. The van der Waals surface area contributed by atoms with Crippen molar-refractivity contribution in [3.63, 3.8) is 0 Å². The van der Waals surface area contributed by atoms with E-state index in [4.69, 9.17) is 4.99 Å². The molecule has 25 heavy (non-hydrogen) atoms. The Morgan fingerprint density at radius 2 is 1.92 bits per heavy atom. The highest BCUT2D eigenvalue weighted by molar-refractivity contribution is 5.80. The third-order valence-electron chi connectivity index (χ3n) is 4.46. The molecule has 1 aliphatic heterocycles. The van der Waals surface area contributed by atoms with Gasteiger partial charge in [0.1, 0.15) is 0 Å². The summed E-state index contributed by atoms with van der Waals surface area (Å²) in [6, 6.07) is 10.6. The molecule has 1 saturated heterocycles. The molecule has 3 rings (SSSR count). The maximum absolute atomic E-state index is 4.82. The van der Waals surface area contributed by atoms with Gasteiger partial charge >= 0.3 is 0 Å². The lowest BCUT2D eigenvalue weighted by Gasteiger charge is -2.37. The summed E-state index contributed by atoms with van der Waals surface area (Å²) in [6.07, 6.45) is 4.90. The van der Waals surface area contributed by atoms with Gasteiger partial charge in [-0.2, -0.15) is 5.10 Å². The summed E-state index contributed by atoms with van der Waals surface area (Å²) in [6.45, 7) is 7.84. The molecule has 0 amide bonds. The number of rotatable bonds is 5. The van der Waals surface area contributed by atoms with E-state index in [1.54, 1.807) is 0 Å². The van der Waals surface area contributed by atoms with E-state index >= 15 is 0 Å². The summed E-state index contributed by atoms with van der Waals surface area (Å²) in [5.41, 5.74) is 2.54.